The molecule has 0 radical (unpaired) electrons. The van der Waals surface area contributed by atoms with Crippen molar-refractivity contribution in [2.24, 2.45) is 0 Å². The molecule has 1 aliphatic heterocycles. The summed E-state index contributed by atoms with van der Waals surface area (Å²) in [5.74, 6) is 0.0462. The van der Waals surface area contributed by atoms with Gasteiger partial charge in [-0.1, -0.05) is 23.7 Å². The topological polar surface area (TPSA) is 42.0 Å². The lowest BCUT2D eigenvalue weighted by atomic mass is 10.0. The molecule has 2 aromatic rings. The van der Waals surface area contributed by atoms with Gasteiger partial charge in [0.25, 0.3) is 0 Å². The third kappa shape index (κ3) is 1.89. The van der Waals surface area contributed by atoms with Crippen LogP contribution in [-0.2, 0) is 11.2 Å². The van der Waals surface area contributed by atoms with E-state index in [0.717, 1.165) is 22.4 Å². The summed E-state index contributed by atoms with van der Waals surface area (Å²) in [6.45, 7) is 0. The first-order valence-corrected chi connectivity index (χ1v) is 5.65. The molecule has 84 valence electrons. The highest BCUT2D eigenvalue weighted by Crippen LogP contribution is 2.29. The van der Waals surface area contributed by atoms with Crippen LogP contribution in [0.15, 0.2) is 36.5 Å². The Kier molecular flexibility index (Phi) is 2.34. The molecular formula is C13H9ClN2O. The van der Waals surface area contributed by atoms with E-state index >= 15 is 0 Å². The maximum atomic E-state index is 11.3. The van der Waals surface area contributed by atoms with Gasteiger partial charge < -0.3 is 5.32 Å². The fraction of sp³-hybridized carbons (Fsp3) is 0.0769. The van der Waals surface area contributed by atoms with Crippen molar-refractivity contribution in [2.45, 2.75) is 6.42 Å². The van der Waals surface area contributed by atoms with E-state index in [1.807, 2.05) is 24.3 Å². The van der Waals surface area contributed by atoms with Crippen molar-refractivity contribution < 1.29 is 4.79 Å². The Labute approximate surface area is 103 Å². The van der Waals surface area contributed by atoms with Gasteiger partial charge in [0.1, 0.15) is 5.15 Å². The molecule has 17 heavy (non-hydrogen) atoms. The van der Waals surface area contributed by atoms with Crippen molar-refractivity contribution >= 4 is 23.2 Å². The Morgan fingerprint density at radius 3 is 2.82 bits per heavy atom. The van der Waals surface area contributed by atoms with Crippen molar-refractivity contribution in [1.82, 2.24) is 4.98 Å². The van der Waals surface area contributed by atoms with Gasteiger partial charge in [0.05, 0.1) is 6.42 Å². The second-order valence-corrected chi connectivity index (χ2v) is 4.35. The maximum Gasteiger partial charge on any atom is 0.228 e. The lowest BCUT2D eigenvalue weighted by molar-refractivity contribution is -0.115. The molecule has 1 aliphatic rings. The summed E-state index contributed by atoms with van der Waals surface area (Å²) in [6, 6.07) is 9.62. The van der Waals surface area contributed by atoms with Gasteiger partial charge in [-0.25, -0.2) is 4.98 Å². The first kappa shape index (κ1) is 10.3. The van der Waals surface area contributed by atoms with Crippen LogP contribution in [0.3, 0.4) is 0 Å². The summed E-state index contributed by atoms with van der Waals surface area (Å²) in [4.78, 5) is 15.2. The monoisotopic (exact) mass is 244 g/mol. The number of amides is 1. The Morgan fingerprint density at radius 1 is 1.18 bits per heavy atom. The minimum atomic E-state index is 0.0462. The number of nitrogens with zero attached hydrogens (tertiary/aromatic N) is 1. The lowest BCUT2D eigenvalue weighted by Gasteiger charge is -2.04. The average Bonchev–Trinajstić information content (AvgIpc) is 2.68. The Hall–Kier alpha value is -1.87. The van der Waals surface area contributed by atoms with E-state index in [1.54, 1.807) is 12.3 Å². The highest BCUT2D eigenvalue weighted by atomic mass is 35.5. The molecule has 0 saturated carbocycles. The molecule has 0 unspecified atom stereocenters. The molecule has 0 fully saturated rings. The quantitative estimate of drug-likeness (QED) is 0.784. The molecule has 4 heteroatoms. The van der Waals surface area contributed by atoms with Gasteiger partial charge in [0, 0.05) is 11.9 Å². The molecule has 0 saturated heterocycles. The zero-order valence-corrected chi connectivity index (χ0v) is 9.66. The van der Waals surface area contributed by atoms with Gasteiger partial charge in [0.2, 0.25) is 5.91 Å². The second-order valence-electron chi connectivity index (χ2n) is 3.96. The normalized spacial score (nSPS) is 13.4. The summed E-state index contributed by atoms with van der Waals surface area (Å²) in [6.07, 6.45) is 2.14. The van der Waals surface area contributed by atoms with E-state index in [4.69, 9.17) is 11.6 Å². The number of nitrogens with one attached hydrogen (secondary N) is 1. The number of halogens is 1. The van der Waals surface area contributed by atoms with Crippen molar-refractivity contribution in [3.05, 3.63) is 47.2 Å². The van der Waals surface area contributed by atoms with Gasteiger partial charge in [-0.05, 0) is 34.9 Å². The predicted molar refractivity (Wildman–Crippen MR) is 67.0 cm³/mol. The van der Waals surface area contributed by atoms with E-state index in [0.29, 0.717) is 11.6 Å². The van der Waals surface area contributed by atoms with E-state index in [9.17, 15) is 4.79 Å². The molecule has 3 rings (SSSR count). The molecule has 0 spiro atoms. The third-order valence-electron chi connectivity index (χ3n) is 2.79. The Morgan fingerprint density at radius 2 is 2.00 bits per heavy atom. The van der Waals surface area contributed by atoms with E-state index in [-0.39, 0.29) is 5.91 Å². The molecule has 0 atom stereocenters. The van der Waals surface area contributed by atoms with Crippen molar-refractivity contribution in [2.75, 3.05) is 5.32 Å². The van der Waals surface area contributed by atoms with Gasteiger partial charge in [-0.3, -0.25) is 4.79 Å². The first-order valence-electron chi connectivity index (χ1n) is 5.27. The number of benzene rings is 1. The molecule has 1 N–H and O–H groups in total. The summed E-state index contributed by atoms with van der Waals surface area (Å²) in [7, 11) is 0. The molecule has 0 aliphatic carbocycles. The van der Waals surface area contributed by atoms with Crippen LogP contribution in [-0.4, -0.2) is 10.9 Å². The van der Waals surface area contributed by atoms with E-state index in [2.05, 4.69) is 10.3 Å². The van der Waals surface area contributed by atoms with E-state index < -0.39 is 0 Å². The highest BCUT2D eigenvalue weighted by Gasteiger charge is 2.17. The van der Waals surface area contributed by atoms with Crippen molar-refractivity contribution in [1.29, 1.82) is 0 Å². The van der Waals surface area contributed by atoms with Crippen molar-refractivity contribution in [3.8, 4) is 11.1 Å². The highest BCUT2D eigenvalue weighted by molar-refractivity contribution is 6.29. The molecule has 1 aromatic heterocycles. The van der Waals surface area contributed by atoms with Crippen LogP contribution in [0, 0.1) is 0 Å². The number of fused-ring (bicyclic) bond motifs is 1. The Balaban J connectivity index is 2.06. The number of hydrogen-bond acceptors (Lipinski definition) is 2. The standard InChI is InChI=1S/C13H9ClN2O/c14-12-6-9(3-4-15-12)8-1-2-10-7-13(17)16-11(10)5-8/h1-6H,7H2,(H,16,17). The first-order chi connectivity index (χ1) is 8.22. The number of carbonyl (C=O) groups is 1. The van der Waals surface area contributed by atoms with Gasteiger partial charge in [-0.2, -0.15) is 0 Å². The molecule has 1 aromatic carbocycles. The van der Waals surface area contributed by atoms with Gasteiger partial charge in [-0.15, -0.1) is 0 Å². The summed E-state index contributed by atoms with van der Waals surface area (Å²) < 4.78 is 0. The number of anilines is 1. The molecule has 3 nitrogen and oxygen atoms in total. The number of carbonyl (C=O) groups excluding carboxylic acids is 1. The van der Waals surface area contributed by atoms with Crippen LogP contribution in [0.5, 0.6) is 0 Å². The largest absolute Gasteiger partial charge is 0.326 e. The van der Waals surface area contributed by atoms with Crippen LogP contribution in [0.2, 0.25) is 5.15 Å². The zero-order chi connectivity index (χ0) is 11.8. The van der Waals surface area contributed by atoms with Crippen LogP contribution in [0.1, 0.15) is 5.56 Å². The number of aromatic nitrogens is 1. The lowest BCUT2D eigenvalue weighted by Crippen LogP contribution is -2.03. The zero-order valence-electron chi connectivity index (χ0n) is 8.90. The smallest absolute Gasteiger partial charge is 0.228 e. The third-order valence-corrected chi connectivity index (χ3v) is 3.00. The predicted octanol–water partition coefficient (Wildman–Crippen LogP) is 2.90. The number of rotatable bonds is 1. The summed E-state index contributed by atoms with van der Waals surface area (Å²) in [5, 5.41) is 3.30. The molecule has 0 bridgehead atoms. The van der Waals surface area contributed by atoms with Crippen LogP contribution in [0.25, 0.3) is 11.1 Å². The van der Waals surface area contributed by atoms with Gasteiger partial charge in [0.15, 0.2) is 0 Å². The van der Waals surface area contributed by atoms with Crippen LogP contribution >= 0.6 is 11.6 Å². The fourth-order valence-electron chi connectivity index (χ4n) is 1.98. The minimum Gasteiger partial charge on any atom is -0.326 e. The average molecular weight is 245 g/mol. The number of pyridine rings is 1. The summed E-state index contributed by atoms with van der Waals surface area (Å²) in [5.41, 5.74) is 3.95. The Bertz CT molecular complexity index is 610. The fourth-order valence-corrected chi connectivity index (χ4v) is 2.15. The molecule has 1 amide bonds. The van der Waals surface area contributed by atoms with E-state index in [1.165, 1.54) is 0 Å². The van der Waals surface area contributed by atoms with Crippen LogP contribution < -0.4 is 5.32 Å². The molecular weight excluding hydrogens is 236 g/mol. The summed E-state index contributed by atoms with van der Waals surface area (Å²) >= 11 is 5.85. The van der Waals surface area contributed by atoms with Crippen LogP contribution in [0.4, 0.5) is 5.69 Å². The maximum absolute atomic E-state index is 11.3. The second kappa shape index (κ2) is 3.86. The number of hydrogen-bond donors (Lipinski definition) is 1. The molecule has 2 heterocycles. The SMILES string of the molecule is O=C1Cc2ccc(-c3ccnc(Cl)c3)cc2N1. The van der Waals surface area contributed by atoms with Gasteiger partial charge >= 0.3 is 0 Å². The van der Waals surface area contributed by atoms with Crippen molar-refractivity contribution in [3.63, 3.8) is 0 Å². The minimum absolute atomic E-state index is 0.0462.